The Labute approximate surface area is 365 Å². The highest BCUT2D eigenvalue weighted by Crippen LogP contribution is 2.55. The molecule has 3 aliphatic heterocycles. The smallest absolute Gasteiger partial charge is 0.376 e. The van der Waals surface area contributed by atoms with E-state index in [2.05, 4.69) is 35.2 Å². The van der Waals surface area contributed by atoms with Gasteiger partial charge in [0.15, 0.2) is 17.3 Å². The van der Waals surface area contributed by atoms with E-state index in [1.807, 2.05) is 19.2 Å². The molecule has 16 nitrogen and oxygen atoms in total. The number of rotatable bonds is 7. The van der Waals surface area contributed by atoms with Crippen LogP contribution in [-0.4, -0.2) is 80.3 Å². The Balaban J connectivity index is 1.02. The molecule has 3 atom stereocenters. The number of ether oxygens (including phenoxy) is 1. The molecule has 1 saturated carbocycles. The number of fused-ring (bicyclic) bond motifs is 3. The van der Waals surface area contributed by atoms with Gasteiger partial charge >= 0.3 is 5.76 Å². The van der Waals surface area contributed by atoms with E-state index in [9.17, 15) is 9.90 Å². The number of nitrogens with zero attached hydrogens (tertiary/aromatic N) is 10. The molecule has 0 bridgehead atoms. The molecule has 18 heteroatoms. The number of halogens is 2. The molecular formula is C46H47F2N11O5. The van der Waals surface area contributed by atoms with Gasteiger partial charge in [0.05, 0.1) is 56.7 Å². The van der Waals surface area contributed by atoms with Crippen LogP contribution in [0.4, 0.5) is 20.3 Å². The molecule has 2 aromatic carbocycles. The second-order valence-corrected chi connectivity index (χ2v) is 18.3. The molecule has 5 aromatic heterocycles. The monoisotopic (exact) mass is 871 g/mol. The summed E-state index contributed by atoms with van der Waals surface area (Å²) in [5.41, 5.74) is 5.07. The number of anilines is 2. The van der Waals surface area contributed by atoms with Crippen molar-refractivity contribution in [3.63, 3.8) is 0 Å². The van der Waals surface area contributed by atoms with Gasteiger partial charge in [0.25, 0.3) is 5.91 Å². The summed E-state index contributed by atoms with van der Waals surface area (Å²) in [5.74, 6) is -0.893. The second-order valence-electron chi connectivity index (χ2n) is 18.3. The second kappa shape index (κ2) is 14.2. The van der Waals surface area contributed by atoms with E-state index in [1.165, 1.54) is 11.1 Å². The Kier molecular flexibility index (Phi) is 8.89. The number of nitrogens with one attached hydrogen (secondary N) is 1. The average Bonchev–Trinajstić information content (AvgIpc) is 3.72. The Morgan fingerprint density at radius 2 is 1.75 bits per heavy atom. The van der Waals surface area contributed by atoms with E-state index in [0.717, 1.165) is 23.9 Å². The molecule has 1 amide bonds. The molecule has 64 heavy (non-hydrogen) atoms. The molecule has 2 fully saturated rings. The topological polar surface area (TPSA) is 168 Å². The molecule has 0 radical (unpaired) electrons. The summed E-state index contributed by atoms with van der Waals surface area (Å²) >= 11 is 0. The van der Waals surface area contributed by atoms with Gasteiger partial charge in [-0.05, 0) is 113 Å². The molecule has 1 unspecified atom stereocenters. The molecule has 4 aliphatic rings. The molecule has 0 spiro atoms. The standard InChI is InChI=1S/C46H47F2N11O5/c1-24-19-29(20-25(2)37(24)47)59-40(57-17-16-56(44(57)62)34-10-9-32-30(38(34)48)22-49-54(32)6)35-26(3)55(15-11-31(35)51-59)41(60)39-36(46(13-14-46)42-50-43(61)64-53-42)33-8-7-28(23-58(33)52-39)27-12-18-63-45(4,5)21-27/h7-10,16-17,19-20,22-23,26-27,44,62H,11-15,18,21H2,1-6H3,(H,50,53,61)/t26-,27+,44?/m0/s1. The third-order valence-electron chi connectivity index (χ3n) is 13.8. The fourth-order valence-corrected chi connectivity index (χ4v) is 10.4. The predicted octanol–water partition coefficient (Wildman–Crippen LogP) is 6.56. The highest BCUT2D eigenvalue weighted by Gasteiger charge is 2.54. The molecule has 7 aromatic rings. The minimum absolute atomic E-state index is 0.135. The van der Waals surface area contributed by atoms with Gasteiger partial charge in [-0.15, -0.1) is 0 Å². The molecule has 8 heterocycles. The molecule has 1 aliphatic carbocycles. The first kappa shape index (κ1) is 40.1. The molecule has 11 rings (SSSR count). The number of aromatic amines is 1. The summed E-state index contributed by atoms with van der Waals surface area (Å²) in [5, 5.41) is 30.9. The van der Waals surface area contributed by atoms with E-state index in [0.29, 0.717) is 82.0 Å². The number of aliphatic hydroxyl groups is 1. The summed E-state index contributed by atoms with van der Waals surface area (Å²) in [6, 6.07) is 10.2. The summed E-state index contributed by atoms with van der Waals surface area (Å²) in [7, 11) is 1.73. The van der Waals surface area contributed by atoms with Crippen LogP contribution >= 0.6 is 0 Å². The van der Waals surface area contributed by atoms with Crippen molar-refractivity contribution in [2.75, 3.05) is 23.0 Å². The van der Waals surface area contributed by atoms with Crippen molar-refractivity contribution in [1.82, 2.24) is 44.2 Å². The maximum atomic E-state index is 16.1. The number of benzene rings is 2. The van der Waals surface area contributed by atoms with Crippen molar-refractivity contribution >= 4 is 33.8 Å². The van der Waals surface area contributed by atoms with Crippen molar-refractivity contribution in [2.24, 2.45) is 7.05 Å². The van der Waals surface area contributed by atoms with E-state index >= 15 is 13.6 Å². The first-order valence-corrected chi connectivity index (χ1v) is 21.6. The van der Waals surface area contributed by atoms with Crippen molar-refractivity contribution in [3.8, 4) is 5.69 Å². The maximum Gasteiger partial charge on any atom is 0.438 e. The number of aromatic nitrogens is 8. The van der Waals surface area contributed by atoms with Crippen LogP contribution in [-0.2, 0) is 23.6 Å². The lowest BCUT2D eigenvalue weighted by molar-refractivity contribution is -0.0593. The van der Waals surface area contributed by atoms with Crippen LogP contribution in [0.2, 0.25) is 0 Å². The Bertz CT molecular complexity index is 3130. The number of carbonyl (C=O) groups excluding carboxylic acids is 1. The third-order valence-corrected chi connectivity index (χ3v) is 13.8. The van der Waals surface area contributed by atoms with Gasteiger partial charge in [-0.25, -0.2) is 22.8 Å². The first-order chi connectivity index (χ1) is 30.6. The number of H-pyrrole nitrogens is 1. The van der Waals surface area contributed by atoms with Crippen LogP contribution in [0, 0.1) is 25.5 Å². The van der Waals surface area contributed by atoms with Gasteiger partial charge in [-0.3, -0.25) is 23.9 Å². The Morgan fingerprint density at radius 1 is 1.00 bits per heavy atom. The first-order valence-electron chi connectivity index (χ1n) is 21.6. The van der Waals surface area contributed by atoms with Crippen LogP contribution < -0.4 is 15.6 Å². The Morgan fingerprint density at radius 3 is 2.47 bits per heavy atom. The lowest BCUT2D eigenvalue weighted by Gasteiger charge is -2.35. The van der Waals surface area contributed by atoms with Gasteiger partial charge in [0, 0.05) is 56.3 Å². The molecule has 2 N–H and O–H groups in total. The number of amides is 1. The lowest BCUT2D eigenvalue weighted by Crippen LogP contribution is -2.42. The normalized spacial score (nSPS) is 21.4. The van der Waals surface area contributed by atoms with Crippen LogP contribution in [0.1, 0.15) is 108 Å². The zero-order chi connectivity index (χ0) is 44.6. The number of aryl methyl sites for hydroxylation is 3. The van der Waals surface area contributed by atoms with Gasteiger partial charge < -0.3 is 19.6 Å². The molecular weight excluding hydrogens is 825 g/mol. The number of pyridine rings is 1. The number of hydrogen-bond donors (Lipinski definition) is 2. The highest BCUT2D eigenvalue weighted by atomic mass is 19.1. The van der Waals surface area contributed by atoms with E-state index in [1.54, 1.807) is 81.2 Å². The summed E-state index contributed by atoms with van der Waals surface area (Å²) in [4.78, 5) is 35.2. The minimum atomic E-state index is -1.44. The minimum Gasteiger partial charge on any atom is -0.376 e. The van der Waals surface area contributed by atoms with Crippen LogP contribution in [0.5, 0.6) is 0 Å². The van der Waals surface area contributed by atoms with Gasteiger partial charge in [0.1, 0.15) is 11.6 Å². The van der Waals surface area contributed by atoms with E-state index in [-0.39, 0.29) is 41.2 Å². The van der Waals surface area contributed by atoms with Gasteiger partial charge in [-0.1, -0.05) is 11.2 Å². The molecule has 1 saturated heterocycles. The van der Waals surface area contributed by atoms with Crippen LogP contribution in [0.25, 0.3) is 22.1 Å². The SMILES string of the molecule is Cc1cc(-n2nc3c(c2N2C=CN(c4ccc5c(cnn5C)c4F)C2O)[C@H](C)N(C(=O)c2nn4cc([C@@H]5CCOC(C)(C)C5)ccc4c2C2(c4noc(=O)[nH]4)CC2)CC3)cc(C)c1F. The largest absolute Gasteiger partial charge is 0.438 e. The molecule has 330 valence electrons. The van der Waals surface area contributed by atoms with Crippen molar-refractivity contribution in [1.29, 1.82) is 0 Å². The van der Waals surface area contributed by atoms with E-state index < -0.39 is 29.4 Å². The Hall–Kier alpha value is -6.66. The van der Waals surface area contributed by atoms with Crippen molar-refractivity contribution in [3.05, 3.63) is 128 Å². The van der Waals surface area contributed by atoms with Gasteiger partial charge in [-0.2, -0.15) is 15.3 Å². The summed E-state index contributed by atoms with van der Waals surface area (Å²) in [6.07, 6.45) is 8.51. The predicted molar refractivity (Wildman–Crippen MR) is 231 cm³/mol. The zero-order valence-corrected chi connectivity index (χ0v) is 36.3. The zero-order valence-electron chi connectivity index (χ0n) is 36.3. The average molecular weight is 872 g/mol. The number of aliphatic hydroxyl groups excluding tert-OH is 1. The summed E-state index contributed by atoms with van der Waals surface area (Å²) < 4.78 is 47.3. The fraction of sp³-hybridized carbons (Fsp3) is 0.391. The van der Waals surface area contributed by atoms with Gasteiger partial charge in [0.2, 0.25) is 6.35 Å². The van der Waals surface area contributed by atoms with E-state index in [4.69, 9.17) is 19.5 Å². The van der Waals surface area contributed by atoms with Crippen LogP contribution in [0.3, 0.4) is 0 Å². The quantitative estimate of drug-likeness (QED) is 0.178. The maximum absolute atomic E-state index is 16.1. The summed E-state index contributed by atoms with van der Waals surface area (Å²) in [6.45, 7) is 10.4. The van der Waals surface area contributed by atoms with Crippen molar-refractivity contribution in [2.45, 2.75) is 96.1 Å². The number of carbonyl (C=O) groups is 1. The number of hydrogen-bond acceptors (Lipinski definition) is 11. The van der Waals surface area contributed by atoms with Crippen molar-refractivity contribution < 1.29 is 27.9 Å². The fourth-order valence-electron chi connectivity index (χ4n) is 10.4. The van der Waals surface area contributed by atoms with Crippen LogP contribution in [0.15, 0.2) is 70.5 Å². The third kappa shape index (κ3) is 6.05. The lowest BCUT2D eigenvalue weighted by atomic mass is 9.84. The highest BCUT2D eigenvalue weighted by molar-refractivity contribution is 5.97.